The van der Waals surface area contributed by atoms with Gasteiger partial charge in [0.2, 0.25) is 0 Å². The van der Waals surface area contributed by atoms with Crippen molar-refractivity contribution < 1.29 is 0 Å². The molecule has 12 heavy (non-hydrogen) atoms. The van der Waals surface area contributed by atoms with E-state index < -0.39 is 0 Å². The molecule has 0 bridgehead atoms. The summed E-state index contributed by atoms with van der Waals surface area (Å²) in [5.41, 5.74) is 7.34. The number of nitrogens with two attached hydrogens (primary N) is 1. The van der Waals surface area contributed by atoms with Crippen molar-refractivity contribution in [2.45, 2.75) is 25.3 Å². The van der Waals surface area contributed by atoms with Crippen molar-refractivity contribution in [2.75, 3.05) is 0 Å². The molecular weight excluding hydrogens is 234 g/mol. The van der Waals surface area contributed by atoms with Crippen molar-refractivity contribution in [3.8, 4) is 0 Å². The molecule has 1 nitrogen and oxygen atoms in total. The molecule has 1 aliphatic rings. The minimum atomic E-state index is 0.248. The first-order chi connectivity index (χ1) is 5.77. The van der Waals surface area contributed by atoms with Crippen LogP contribution in [0.15, 0.2) is 15.2 Å². The van der Waals surface area contributed by atoms with Crippen molar-refractivity contribution >= 4 is 27.3 Å². The van der Waals surface area contributed by atoms with E-state index in [-0.39, 0.29) is 6.04 Å². The number of rotatable bonds is 3. The third-order valence-corrected chi connectivity index (χ3v) is 4.08. The summed E-state index contributed by atoms with van der Waals surface area (Å²) in [5.74, 6) is 0.909. The molecular formula is C9H12BrNS. The number of hydrogen-bond donors (Lipinski definition) is 1. The Morgan fingerprint density at radius 3 is 2.83 bits per heavy atom. The summed E-state index contributed by atoms with van der Waals surface area (Å²) in [4.78, 5) is 0. The van der Waals surface area contributed by atoms with Gasteiger partial charge in [0, 0.05) is 15.9 Å². The quantitative estimate of drug-likeness (QED) is 0.869. The Balaban J connectivity index is 2.02. The van der Waals surface area contributed by atoms with E-state index in [4.69, 9.17) is 5.73 Å². The molecule has 1 atom stereocenters. The number of thiophene rings is 1. The van der Waals surface area contributed by atoms with E-state index in [9.17, 15) is 0 Å². The minimum absolute atomic E-state index is 0.248. The lowest BCUT2D eigenvalue weighted by Crippen LogP contribution is -2.10. The van der Waals surface area contributed by atoms with Gasteiger partial charge in [0.05, 0.1) is 0 Å². The SMILES string of the molecule is NC(CC1CC1)c1cscc1Br. The second-order valence-electron chi connectivity index (χ2n) is 3.46. The zero-order chi connectivity index (χ0) is 8.55. The standard InChI is InChI=1S/C9H12BrNS/c10-8-5-12-4-7(8)9(11)3-6-1-2-6/h4-6,9H,1-3,11H2. The van der Waals surface area contributed by atoms with Crippen LogP contribution in [0.25, 0.3) is 0 Å². The van der Waals surface area contributed by atoms with Gasteiger partial charge in [-0.15, -0.1) is 0 Å². The molecule has 1 fully saturated rings. The predicted octanol–water partition coefficient (Wildman–Crippen LogP) is 3.31. The van der Waals surface area contributed by atoms with E-state index >= 15 is 0 Å². The molecule has 1 aromatic rings. The Labute approximate surface area is 85.1 Å². The van der Waals surface area contributed by atoms with Crippen LogP contribution in [0.2, 0.25) is 0 Å². The highest BCUT2D eigenvalue weighted by Crippen LogP contribution is 2.38. The van der Waals surface area contributed by atoms with E-state index in [0.29, 0.717) is 0 Å². The highest BCUT2D eigenvalue weighted by Gasteiger charge is 2.25. The molecule has 0 spiro atoms. The maximum Gasteiger partial charge on any atom is 0.0330 e. The molecule has 1 unspecified atom stereocenters. The lowest BCUT2D eigenvalue weighted by atomic mass is 10.1. The number of hydrogen-bond acceptors (Lipinski definition) is 2. The van der Waals surface area contributed by atoms with Crippen LogP contribution in [-0.4, -0.2) is 0 Å². The van der Waals surface area contributed by atoms with Crippen LogP contribution in [0.3, 0.4) is 0 Å². The Morgan fingerprint density at radius 2 is 2.33 bits per heavy atom. The summed E-state index contributed by atoms with van der Waals surface area (Å²) in [5, 5.41) is 4.25. The van der Waals surface area contributed by atoms with Gasteiger partial charge in [0.1, 0.15) is 0 Å². The second-order valence-corrected chi connectivity index (χ2v) is 5.06. The van der Waals surface area contributed by atoms with E-state index in [1.807, 2.05) is 0 Å². The summed E-state index contributed by atoms with van der Waals surface area (Å²) >= 11 is 5.22. The van der Waals surface area contributed by atoms with Crippen molar-refractivity contribution in [1.29, 1.82) is 0 Å². The van der Waals surface area contributed by atoms with Crippen LogP contribution in [0.5, 0.6) is 0 Å². The molecule has 3 heteroatoms. The molecule has 1 saturated carbocycles. The molecule has 2 rings (SSSR count). The van der Waals surface area contributed by atoms with Crippen molar-refractivity contribution in [2.24, 2.45) is 11.7 Å². The smallest absolute Gasteiger partial charge is 0.0330 e. The van der Waals surface area contributed by atoms with Gasteiger partial charge in [-0.05, 0) is 39.2 Å². The van der Waals surface area contributed by atoms with Crippen LogP contribution >= 0.6 is 27.3 Å². The fourth-order valence-electron chi connectivity index (χ4n) is 1.40. The molecule has 0 radical (unpaired) electrons. The molecule has 0 aliphatic heterocycles. The van der Waals surface area contributed by atoms with Crippen molar-refractivity contribution in [1.82, 2.24) is 0 Å². The van der Waals surface area contributed by atoms with Gasteiger partial charge >= 0.3 is 0 Å². The van der Waals surface area contributed by atoms with Gasteiger partial charge in [0.15, 0.2) is 0 Å². The Hall–Kier alpha value is 0.140. The largest absolute Gasteiger partial charge is 0.324 e. The molecule has 0 amide bonds. The van der Waals surface area contributed by atoms with Crippen LogP contribution < -0.4 is 5.73 Å². The lowest BCUT2D eigenvalue weighted by molar-refractivity contribution is 0.597. The minimum Gasteiger partial charge on any atom is -0.324 e. The highest BCUT2D eigenvalue weighted by molar-refractivity contribution is 9.10. The fraction of sp³-hybridized carbons (Fsp3) is 0.556. The molecule has 1 aliphatic carbocycles. The lowest BCUT2D eigenvalue weighted by Gasteiger charge is -2.09. The third kappa shape index (κ3) is 1.90. The molecule has 66 valence electrons. The van der Waals surface area contributed by atoms with Crippen LogP contribution in [-0.2, 0) is 0 Å². The average molecular weight is 246 g/mol. The first-order valence-corrected chi connectivity index (χ1v) is 5.98. The Kier molecular flexibility index (Phi) is 2.53. The average Bonchev–Trinajstić information content (AvgIpc) is 2.72. The zero-order valence-corrected chi connectivity index (χ0v) is 9.20. The van der Waals surface area contributed by atoms with Crippen LogP contribution in [0.1, 0.15) is 30.9 Å². The summed E-state index contributed by atoms with van der Waals surface area (Å²) in [7, 11) is 0. The normalized spacial score (nSPS) is 19.5. The van der Waals surface area contributed by atoms with E-state index in [0.717, 1.165) is 12.3 Å². The molecule has 0 aromatic carbocycles. The van der Waals surface area contributed by atoms with Gasteiger partial charge in [-0.2, -0.15) is 11.3 Å². The van der Waals surface area contributed by atoms with Crippen LogP contribution in [0, 0.1) is 5.92 Å². The maximum absolute atomic E-state index is 6.06. The fourth-order valence-corrected chi connectivity index (χ4v) is 3.05. The van der Waals surface area contributed by atoms with Gasteiger partial charge < -0.3 is 5.73 Å². The Bertz CT molecular complexity index is 267. The monoisotopic (exact) mass is 245 g/mol. The zero-order valence-electron chi connectivity index (χ0n) is 6.79. The van der Waals surface area contributed by atoms with Crippen LogP contribution in [0.4, 0.5) is 0 Å². The maximum atomic E-state index is 6.06. The summed E-state index contributed by atoms with van der Waals surface area (Å²) in [6.45, 7) is 0. The van der Waals surface area contributed by atoms with Gasteiger partial charge in [-0.1, -0.05) is 12.8 Å². The molecule has 1 heterocycles. The molecule has 2 N–H and O–H groups in total. The summed E-state index contributed by atoms with van der Waals surface area (Å²) in [6, 6.07) is 0.248. The summed E-state index contributed by atoms with van der Waals surface area (Å²) < 4.78 is 1.18. The summed E-state index contributed by atoms with van der Waals surface area (Å²) in [6.07, 6.45) is 3.93. The van der Waals surface area contributed by atoms with E-state index in [1.54, 1.807) is 11.3 Å². The third-order valence-electron chi connectivity index (χ3n) is 2.33. The van der Waals surface area contributed by atoms with E-state index in [2.05, 4.69) is 26.7 Å². The highest BCUT2D eigenvalue weighted by atomic mass is 79.9. The molecule has 0 saturated heterocycles. The van der Waals surface area contributed by atoms with Gasteiger partial charge in [-0.25, -0.2) is 0 Å². The topological polar surface area (TPSA) is 26.0 Å². The second kappa shape index (κ2) is 3.48. The van der Waals surface area contributed by atoms with Crippen molar-refractivity contribution in [3.05, 3.63) is 20.8 Å². The predicted molar refractivity (Wildman–Crippen MR) is 56.3 cm³/mol. The van der Waals surface area contributed by atoms with Crippen molar-refractivity contribution in [3.63, 3.8) is 0 Å². The van der Waals surface area contributed by atoms with Gasteiger partial charge in [0.25, 0.3) is 0 Å². The molecule has 1 aromatic heterocycles. The number of halogens is 1. The first kappa shape index (κ1) is 8.73. The Morgan fingerprint density at radius 1 is 1.58 bits per heavy atom. The van der Waals surface area contributed by atoms with E-state index in [1.165, 1.54) is 22.9 Å². The van der Waals surface area contributed by atoms with Gasteiger partial charge in [-0.3, -0.25) is 0 Å². The first-order valence-electron chi connectivity index (χ1n) is 4.24.